The van der Waals surface area contributed by atoms with Crippen LogP contribution in [0.5, 0.6) is 0 Å². The molecule has 1 N–H and O–H groups in total. The molecule has 1 saturated heterocycles. The third-order valence-electron chi connectivity index (χ3n) is 3.01. The van der Waals surface area contributed by atoms with E-state index in [1.54, 1.807) is 6.20 Å². The Labute approximate surface area is 94.8 Å². The van der Waals surface area contributed by atoms with Crippen LogP contribution in [-0.2, 0) is 0 Å². The molecule has 2 heterocycles. The second-order valence-electron chi connectivity index (χ2n) is 4.41. The van der Waals surface area contributed by atoms with E-state index in [0.29, 0.717) is 5.76 Å². The number of amides is 1. The van der Waals surface area contributed by atoms with Crippen molar-refractivity contribution in [2.24, 2.45) is 0 Å². The minimum atomic E-state index is -0.0588. The van der Waals surface area contributed by atoms with E-state index < -0.39 is 0 Å². The van der Waals surface area contributed by atoms with Crippen LogP contribution in [0.25, 0.3) is 0 Å². The molecule has 1 amide bonds. The Morgan fingerprint density at radius 3 is 2.62 bits per heavy atom. The van der Waals surface area contributed by atoms with Gasteiger partial charge in [0.25, 0.3) is 5.91 Å². The highest BCUT2D eigenvalue weighted by molar-refractivity contribution is 5.93. The van der Waals surface area contributed by atoms with Crippen LogP contribution < -0.4 is 5.32 Å². The van der Waals surface area contributed by atoms with Crippen LogP contribution in [0.3, 0.4) is 0 Å². The number of hydrogen-bond donors (Lipinski definition) is 1. The molecule has 0 bridgehead atoms. The normalized spacial score (nSPS) is 25.8. The molecular weight excluding hydrogens is 206 g/mol. The number of rotatable bonds is 1. The van der Waals surface area contributed by atoms with E-state index in [2.05, 4.69) is 10.5 Å². The van der Waals surface area contributed by atoms with Gasteiger partial charge in [0.2, 0.25) is 5.76 Å². The van der Waals surface area contributed by atoms with Gasteiger partial charge in [-0.3, -0.25) is 4.79 Å². The van der Waals surface area contributed by atoms with Crippen LogP contribution >= 0.6 is 0 Å². The number of piperazine rings is 1. The molecular formula is C11H17N3O2. The van der Waals surface area contributed by atoms with Crippen molar-refractivity contribution in [3.05, 3.63) is 17.5 Å². The van der Waals surface area contributed by atoms with Crippen LogP contribution in [0.2, 0.25) is 0 Å². The first-order valence-corrected chi connectivity index (χ1v) is 5.56. The highest BCUT2D eigenvalue weighted by Crippen LogP contribution is 2.16. The Bertz CT molecular complexity index is 378. The number of nitrogens with one attached hydrogen (secondary N) is 1. The van der Waals surface area contributed by atoms with E-state index in [4.69, 9.17) is 4.52 Å². The van der Waals surface area contributed by atoms with Crippen LogP contribution in [0.4, 0.5) is 0 Å². The molecule has 0 radical (unpaired) electrons. The zero-order chi connectivity index (χ0) is 11.7. The largest absolute Gasteiger partial charge is 0.351 e. The molecule has 1 aliphatic rings. The lowest BCUT2D eigenvalue weighted by Gasteiger charge is -2.38. The van der Waals surface area contributed by atoms with Gasteiger partial charge in [0.05, 0.1) is 6.20 Å². The van der Waals surface area contributed by atoms with Crippen molar-refractivity contribution < 1.29 is 9.32 Å². The Morgan fingerprint density at radius 2 is 2.12 bits per heavy atom. The topological polar surface area (TPSA) is 58.4 Å². The molecule has 1 aliphatic heterocycles. The van der Waals surface area contributed by atoms with Crippen molar-refractivity contribution in [2.75, 3.05) is 13.1 Å². The molecule has 0 aliphatic carbocycles. The summed E-state index contributed by atoms with van der Waals surface area (Å²) in [5, 5.41) is 6.94. The van der Waals surface area contributed by atoms with E-state index in [9.17, 15) is 4.79 Å². The van der Waals surface area contributed by atoms with Gasteiger partial charge >= 0.3 is 0 Å². The lowest BCUT2D eigenvalue weighted by molar-refractivity contribution is 0.0501. The summed E-state index contributed by atoms with van der Waals surface area (Å²) in [6, 6.07) is 0.362. The monoisotopic (exact) mass is 223 g/mol. The van der Waals surface area contributed by atoms with Crippen molar-refractivity contribution in [1.29, 1.82) is 0 Å². The van der Waals surface area contributed by atoms with Crippen LogP contribution in [0, 0.1) is 6.92 Å². The second kappa shape index (κ2) is 4.25. The summed E-state index contributed by atoms with van der Waals surface area (Å²) in [5.41, 5.74) is 0.794. The van der Waals surface area contributed by atoms with Gasteiger partial charge in [0.15, 0.2) is 0 Å². The molecule has 16 heavy (non-hydrogen) atoms. The van der Waals surface area contributed by atoms with E-state index in [0.717, 1.165) is 18.7 Å². The highest BCUT2D eigenvalue weighted by atomic mass is 16.5. The Hall–Kier alpha value is -1.36. The molecule has 1 fully saturated rings. The van der Waals surface area contributed by atoms with Crippen molar-refractivity contribution in [2.45, 2.75) is 32.9 Å². The first-order valence-electron chi connectivity index (χ1n) is 5.56. The summed E-state index contributed by atoms with van der Waals surface area (Å²) < 4.78 is 5.01. The molecule has 2 rings (SSSR count). The maximum Gasteiger partial charge on any atom is 0.293 e. The zero-order valence-corrected chi connectivity index (χ0v) is 9.86. The fourth-order valence-electron chi connectivity index (χ4n) is 2.15. The maximum atomic E-state index is 12.3. The fraction of sp³-hybridized carbons (Fsp3) is 0.636. The third kappa shape index (κ3) is 1.82. The van der Waals surface area contributed by atoms with Crippen LogP contribution in [0.15, 0.2) is 10.7 Å². The van der Waals surface area contributed by atoms with Gasteiger partial charge in [-0.05, 0) is 20.8 Å². The minimum absolute atomic E-state index is 0.0588. The Balaban J connectivity index is 2.23. The number of carbonyl (C=O) groups excluding carboxylic acids is 1. The van der Waals surface area contributed by atoms with Gasteiger partial charge in [-0.1, -0.05) is 5.16 Å². The summed E-state index contributed by atoms with van der Waals surface area (Å²) in [6.07, 6.45) is 1.57. The first kappa shape index (κ1) is 11.1. The lowest BCUT2D eigenvalue weighted by atomic mass is 10.1. The van der Waals surface area contributed by atoms with E-state index in [1.165, 1.54) is 0 Å². The molecule has 5 heteroatoms. The zero-order valence-electron chi connectivity index (χ0n) is 9.86. The van der Waals surface area contributed by atoms with E-state index >= 15 is 0 Å². The molecule has 0 aromatic carbocycles. The van der Waals surface area contributed by atoms with Crippen molar-refractivity contribution in [3.63, 3.8) is 0 Å². The standard InChI is InChI=1S/C11H17N3O2/c1-7-4-13-16-10(7)11(15)14-8(2)5-12-6-9(14)3/h4,8-9,12H,5-6H2,1-3H3. The predicted octanol–water partition coefficient (Wildman–Crippen LogP) is 0.805. The smallest absolute Gasteiger partial charge is 0.293 e. The van der Waals surface area contributed by atoms with Crippen molar-refractivity contribution >= 4 is 5.91 Å². The molecule has 0 spiro atoms. The average Bonchev–Trinajstić information content (AvgIpc) is 2.64. The number of nitrogens with zero attached hydrogens (tertiary/aromatic N) is 2. The number of aromatic nitrogens is 1. The van der Waals surface area contributed by atoms with Gasteiger partial charge in [-0.2, -0.15) is 0 Å². The highest BCUT2D eigenvalue weighted by Gasteiger charge is 2.32. The number of hydrogen-bond acceptors (Lipinski definition) is 4. The quantitative estimate of drug-likeness (QED) is 0.765. The summed E-state index contributed by atoms with van der Waals surface area (Å²) in [6.45, 7) is 7.55. The molecule has 1 aromatic heterocycles. The van der Waals surface area contributed by atoms with Gasteiger partial charge < -0.3 is 14.7 Å². The molecule has 1 aromatic rings. The summed E-state index contributed by atoms with van der Waals surface area (Å²) in [5.74, 6) is 0.303. The maximum absolute atomic E-state index is 12.3. The van der Waals surface area contributed by atoms with Gasteiger partial charge in [-0.15, -0.1) is 0 Å². The van der Waals surface area contributed by atoms with Gasteiger partial charge in [0, 0.05) is 30.7 Å². The van der Waals surface area contributed by atoms with Crippen LogP contribution in [0.1, 0.15) is 30.0 Å². The second-order valence-corrected chi connectivity index (χ2v) is 4.41. The molecule has 2 unspecified atom stereocenters. The lowest BCUT2D eigenvalue weighted by Crippen LogP contribution is -2.57. The van der Waals surface area contributed by atoms with E-state index in [1.807, 2.05) is 25.7 Å². The van der Waals surface area contributed by atoms with Gasteiger partial charge in [-0.25, -0.2) is 0 Å². The van der Waals surface area contributed by atoms with Gasteiger partial charge in [0.1, 0.15) is 0 Å². The molecule has 5 nitrogen and oxygen atoms in total. The molecule has 2 atom stereocenters. The average molecular weight is 223 g/mol. The third-order valence-corrected chi connectivity index (χ3v) is 3.01. The van der Waals surface area contributed by atoms with Crippen LogP contribution in [-0.4, -0.2) is 41.1 Å². The fourth-order valence-corrected chi connectivity index (χ4v) is 2.15. The number of aryl methyl sites for hydroxylation is 1. The Kier molecular flexibility index (Phi) is 2.96. The van der Waals surface area contributed by atoms with Crippen molar-refractivity contribution in [3.8, 4) is 0 Å². The summed E-state index contributed by atoms with van der Waals surface area (Å²) >= 11 is 0. The molecule has 0 saturated carbocycles. The first-order chi connectivity index (χ1) is 7.61. The van der Waals surface area contributed by atoms with E-state index in [-0.39, 0.29) is 18.0 Å². The minimum Gasteiger partial charge on any atom is -0.351 e. The SMILES string of the molecule is Cc1cnoc1C(=O)N1C(C)CNCC1C. The van der Waals surface area contributed by atoms with Crippen molar-refractivity contribution in [1.82, 2.24) is 15.4 Å². The summed E-state index contributed by atoms with van der Waals surface area (Å²) in [7, 11) is 0. The Morgan fingerprint density at radius 1 is 1.50 bits per heavy atom. The number of carbonyl (C=O) groups is 1. The summed E-state index contributed by atoms with van der Waals surface area (Å²) in [4.78, 5) is 14.1. The predicted molar refractivity (Wildman–Crippen MR) is 59.2 cm³/mol. The molecule has 88 valence electrons.